The Morgan fingerprint density at radius 1 is 0.909 bits per heavy atom. The molecule has 0 bridgehead atoms. The molecular weight excluding hydrogens is 385 g/mol. The number of amides is 1. The van der Waals surface area contributed by atoms with Crippen molar-refractivity contribution in [2.45, 2.75) is 0 Å². The number of hydrogen-bond donors (Lipinski definition) is 1. The molecule has 22 heavy (non-hydrogen) atoms. The number of carbonyl (C=O) groups excluding carboxylic acids is 1. The molecular formula is C19H14INO. The number of halogens is 1. The molecule has 0 atom stereocenters. The predicted octanol–water partition coefficient (Wildman–Crippen LogP) is 5.10. The molecule has 0 saturated heterocycles. The van der Waals surface area contributed by atoms with E-state index in [4.69, 9.17) is 0 Å². The monoisotopic (exact) mass is 399 g/mol. The zero-order valence-electron chi connectivity index (χ0n) is 11.8. The molecule has 0 spiro atoms. The van der Waals surface area contributed by atoms with E-state index in [1.807, 2.05) is 54.6 Å². The van der Waals surface area contributed by atoms with Crippen LogP contribution in [-0.2, 0) is 4.79 Å². The van der Waals surface area contributed by atoms with Crippen LogP contribution in [0.5, 0.6) is 0 Å². The molecule has 0 aliphatic heterocycles. The van der Waals surface area contributed by atoms with E-state index in [9.17, 15) is 4.79 Å². The number of carbonyl (C=O) groups is 1. The second-order valence-electron chi connectivity index (χ2n) is 4.90. The van der Waals surface area contributed by atoms with Crippen molar-refractivity contribution >= 4 is 51.0 Å². The zero-order chi connectivity index (χ0) is 15.4. The van der Waals surface area contributed by atoms with E-state index >= 15 is 0 Å². The first-order chi connectivity index (χ1) is 10.7. The molecule has 1 N–H and O–H groups in total. The van der Waals surface area contributed by atoms with E-state index in [1.54, 1.807) is 6.08 Å². The van der Waals surface area contributed by atoms with Gasteiger partial charge in [-0.25, -0.2) is 0 Å². The SMILES string of the molecule is O=C(/C=C/c1cccc2ccccc12)Nc1ccc(I)cc1. The minimum absolute atomic E-state index is 0.130. The summed E-state index contributed by atoms with van der Waals surface area (Å²) in [6, 6.07) is 21.9. The first-order valence-electron chi connectivity index (χ1n) is 6.95. The van der Waals surface area contributed by atoms with E-state index in [-0.39, 0.29) is 5.91 Å². The van der Waals surface area contributed by atoms with E-state index in [0.717, 1.165) is 20.2 Å². The van der Waals surface area contributed by atoms with Crippen LogP contribution in [0.3, 0.4) is 0 Å². The molecule has 108 valence electrons. The van der Waals surface area contributed by atoms with Crippen molar-refractivity contribution in [2.75, 3.05) is 5.32 Å². The van der Waals surface area contributed by atoms with E-state index in [1.165, 1.54) is 5.39 Å². The highest BCUT2D eigenvalue weighted by molar-refractivity contribution is 14.1. The molecule has 3 aromatic rings. The highest BCUT2D eigenvalue weighted by Crippen LogP contribution is 2.19. The number of nitrogens with one attached hydrogen (secondary N) is 1. The summed E-state index contributed by atoms with van der Waals surface area (Å²) in [5.74, 6) is -0.130. The van der Waals surface area contributed by atoms with Gasteiger partial charge in [0.1, 0.15) is 0 Å². The fourth-order valence-corrected chi connectivity index (χ4v) is 2.64. The number of rotatable bonds is 3. The average molecular weight is 399 g/mol. The largest absolute Gasteiger partial charge is 0.323 e. The van der Waals surface area contributed by atoms with E-state index in [0.29, 0.717) is 0 Å². The van der Waals surface area contributed by atoms with Gasteiger partial charge in [-0.15, -0.1) is 0 Å². The second-order valence-corrected chi connectivity index (χ2v) is 6.14. The molecule has 1 amide bonds. The maximum absolute atomic E-state index is 12.0. The fourth-order valence-electron chi connectivity index (χ4n) is 2.28. The Morgan fingerprint density at radius 2 is 1.64 bits per heavy atom. The normalized spacial score (nSPS) is 11.0. The van der Waals surface area contributed by atoms with Gasteiger partial charge in [-0.05, 0) is 69.3 Å². The molecule has 3 aromatic carbocycles. The highest BCUT2D eigenvalue weighted by Gasteiger charge is 2.00. The summed E-state index contributed by atoms with van der Waals surface area (Å²) in [6.45, 7) is 0. The molecule has 2 nitrogen and oxygen atoms in total. The Labute approximate surface area is 143 Å². The zero-order valence-corrected chi connectivity index (χ0v) is 13.9. The van der Waals surface area contributed by atoms with Gasteiger partial charge in [0.15, 0.2) is 0 Å². The van der Waals surface area contributed by atoms with Crippen molar-refractivity contribution in [3.8, 4) is 0 Å². The first kappa shape index (κ1) is 14.8. The lowest BCUT2D eigenvalue weighted by molar-refractivity contribution is -0.111. The maximum atomic E-state index is 12.0. The summed E-state index contributed by atoms with van der Waals surface area (Å²) in [7, 11) is 0. The molecule has 0 saturated carbocycles. The summed E-state index contributed by atoms with van der Waals surface area (Å²) >= 11 is 2.24. The van der Waals surface area contributed by atoms with Gasteiger partial charge in [-0.3, -0.25) is 4.79 Å². The first-order valence-corrected chi connectivity index (χ1v) is 8.03. The minimum Gasteiger partial charge on any atom is -0.323 e. The van der Waals surface area contributed by atoms with Gasteiger partial charge in [-0.2, -0.15) is 0 Å². The third-order valence-electron chi connectivity index (χ3n) is 3.35. The van der Waals surface area contributed by atoms with Crippen LogP contribution in [0.1, 0.15) is 5.56 Å². The average Bonchev–Trinajstić information content (AvgIpc) is 2.55. The van der Waals surface area contributed by atoms with Gasteiger partial charge in [0.25, 0.3) is 0 Å². The van der Waals surface area contributed by atoms with Crippen LogP contribution in [0.4, 0.5) is 5.69 Å². The number of fused-ring (bicyclic) bond motifs is 1. The van der Waals surface area contributed by atoms with Crippen molar-refractivity contribution in [2.24, 2.45) is 0 Å². The van der Waals surface area contributed by atoms with Gasteiger partial charge < -0.3 is 5.32 Å². The van der Waals surface area contributed by atoms with Crippen molar-refractivity contribution in [1.29, 1.82) is 0 Å². The highest BCUT2D eigenvalue weighted by atomic mass is 127. The quantitative estimate of drug-likeness (QED) is 0.482. The van der Waals surface area contributed by atoms with Crippen LogP contribution in [0.25, 0.3) is 16.8 Å². The Bertz CT molecular complexity index is 832. The lowest BCUT2D eigenvalue weighted by Gasteiger charge is -2.03. The van der Waals surface area contributed by atoms with Crippen molar-refractivity contribution in [3.63, 3.8) is 0 Å². The minimum atomic E-state index is -0.130. The van der Waals surface area contributed by atoms with Crippen molar-refractivity contribution < 1.29 is 4.79 Å². The number of benzene rings is 3. The molecule has 0 fully saturated rings. The standard InChI is InChI=1S/C19H14INO/c20-16-9-11-17(12-10-16)21-19(22)13-8-15-6-3-5-14-4-1-2-7-18(14)15/h1-13H,(H,21,22)/b13-8+. The van der Waals surface area contributed by atoms with Gasteiger partial charge in [-0.1, -0.05) is 42.5 Å². The third kappa shape index (κ3) is 3.54. The molecule has 0 aliphatic carbocycles. The van der Waals surface area contributed by atoms with Crippen LogP contribution < -0.4 is 5.32 Å². The predicted molar refractivity (Wildman–Crippen MR) is 101 cm³/mol. The van der Waals surface area contributed by atoms with Gasteiger partial charge in [0.05, 0.1) is 0 Å². The number of anilines is 1. The van der Waals surface area contributed by atoms with Gasteiger partial charge in [0.2, 0.25) is 5.91 Å². The van der Waals surface area contributed by atoms with E-state index < -0.39 is 0 Å². The Balaban J connectivity index is 1.78. The summed E-state index contributed by atoms with van der Waals surface area (Å²) in [5, 5.41) is 5.17. The molecule has 0 radical (unpaired) electrons. The Morgan fingerprint density at radius 3 is 2.45 bits per heavy atom. The fraction of sp³-hybridized carbons (Fsp3) is 0. The topological polar surface area (TPSA) is 29.1 Å². The summed E-state index contributed by atoms with van der Waals surface area (Å²) < 4.78 is 1.14. The Hall–Kier alpha value is -2.14. The maximum Gasteiger partial charge on any atom is 0.248 e. The summed E-state index contributed by atoms with van der Waals surface area (Å²) in [4.78, 5) is 12.0. The molecule has 0 aliphatic rings. The van der Waals surface area contributed by atoms with Crippen LogP contribution in [0.2, 0.25) is 0 Å². The lowest BCUT2D eigenvalue weighted by Crippen LogP contribution is -2.07. The second kappa shape index (κ2) is 6.75. The van der Waals surface area contributed by atoms with Crippen LogP contribution in [0, 0.1) is 3.57 Å². The van der Waals surface area contributed by atoms with E-state index in [2.05, 4.69) is 46.1 Å². The van der Waals surface area contributed by atoms with Crippen molar-refractivity contribution in [1.82, 2.24) is 0 Å². The molecule has 0 aromatic heterocycles. The van der Waals surface area contributed by atoms with Crippen LogP contribution >= 0.6 is 22.6 Å². The van der Waals surface area contributed by atoms with Crippen LogP contribution in [0.15, 0.2) is 72.8 Å². The van der Waals surface area contributed by atoms with Crippen LogP contribution in [-0.4, -0.2) is 5.91 Å². The third-order valence-corrected chi connectivity index (χ3v) is 4.07. The summed E-state index contributed by atoms with van der Waals surface area (Å²) in [6.07, 6.45) is 3.42. The van der Waals surface area contributed by atoms with Crippen molar-refractivity contribution in [3.05, 3.63) is 81.9 Å². The molecule has 0 unspecified atom stereocenters. The number of hydrogen-bond acceptors (Lipinski definition) is 1. The molecule has 3 rings (SSSR count). The Kier molecular flexibility index (Phi) is 4.53. The molecule has 3 heteroatoms. The van der Waals surface area contributed by atoms with Gasteiger partial charge in [0, 0.05) is 15.3 Å². The molecule has 0 heterocycles. The smallest absolute Gasteiger partial charge is 0.248 e. The summed E-state index contributed by atoms with van der Waals surface area (Å²) in [5.41, 5.74) is 1.84. The lowest BCUT2D eigenvalue weighted by atomic mass is 10.0. The van der Waals surface area contributed by atoms with Gasteiger partial charge >= 0.3 is 0 Å².